The van der Waals surface area contributed by atoms with Crippen LogP contribution in [-0.2, 0) is 30.8 Å². The smallest absolute Gasteiger partial charge is 0.229 e. The van der Waals surface area contributed by atoms with Crippen LogP contribution < -0.4 is 5.32 Å². The topological polar surface area (TPSA) is 63.1 Å². The number of benzene rings is 3. The molecule has 0 radical (unpaired) electrons. The lowest BCUT2D eigenvalue weighted by molar-refractivity contribution is -0.115. The van der Waals surface area contributed by atoms with Crippen LogP contribution in [0.15, 0.2) is 97.2 Å². The van der Waals surface area contributed by atoms with Gasteiger partial charge in [0.2, 0.25) is 5.91 Å². The number of fused-ring (bicyclic) bond motifs is 1. The van der Waals surface area contributed by atoms with Gasteiger partial charge in [0.15, 0.2) is 0 Å². The van der Waals surface area contributed by atoms with E-state index in [2.05, 4.69) is 27.3 Å². The van der Waals surface area contributed by atoms with Crippen LogP contribution in [0, 0.1) is 11.6 Å². The lowest BCUT2D eigenvalue weighted by Gasteiger charge is -2.28. The van der Waals surface area contributed by atoms with E-state index in [1.165, 1.54) is 29.8 Å². The molecule has 0 aliphatic carbocycles. The molecule has 5 aromatic rings. The van der Waals surface area contributed by atoms with Crippen LogP contribution in [-0.4, -0.2) is 32.1 Å². The van der Waals surface area contributed by atoms with Gasteiger partial charge in [0.05, 0.1) is 18.7 Å². The summed E-state index contributed by atoms with van der Waals surface area (Å²) in [5, 5.41) is 7.82. The molecule has 0 unspecified atom stereocenters. The monoisotopic (exact) mass is 535 g/mol. The van der Waals surface area contributed by atoms with Crippen molar-refractivity contribution in [1.82, 2.24) is 19.7 Å². The van der Waals surface area contributed by atoms with Crippen molar-refractivity contribution in [3.8, 4) is 22.4 Å². The van der Waals surface area contributed by atoms with Crippen molar-refractivity contribution in [2.75, 3.05) is 11.9 Å². The number of halogens is 2. The SMILES string of the molecule is O=C(Cc1ccc(F)cc1)Nc1cc(-c2c(-c3ccc(F)cc3)nn3c2CN(Cc2ccccc2)CC3)ccn1. The second-order valence-electron chi connectivity index (χ2n) is 9.88. The number of hydrogen-bond acceptors (Lipinski definition) is 4. The number of anilines is 1. The van der Waals surface area contributed by atoms with E-state index in [4.69, 9.17) is 5.10 Å². The number of carbonyl (C=O) groups excluding carboxylic acids is 1. The molecule has 200 valence electrons. The summed E-state index contributed by atoms with van der Waals surface area (Å²) in [7, 11) is 0. The minimum absolute atomic E-state index is 0.102. The third-order valence-electron chi connectivity index (χ3n) is 7.02. The van der Waals surface area contributed by atoms with Crippen molar-refractivity contribution >= 4 is 11.7 Å². The standard InChI is InChI=1S/C32H27F2N5O/c33-26-10-6-22(7-11-26)18-30(40)36-29-19-25(14-15-35-29)31-28-21-38(20-23-4-2-1-3-5-23)16-17-39(28)37-32(31)24-8-12-27(34)13-9-24/h1-15,19H,16-18,20-21H2,(H,35,36,40). The number of aromatic nitrogens is 3. The molecule has 3 aromatic carbocycles. The molecular weight excluding hydrogens is 508 g/mol. The van der Waals surface area contributed by atoms with E-state index in [-0.39, 0.29) is 24.0 Å². The van der Waals surface area contributed by atoms with E-state index < -0.39 is 0 Å². The third-order valence-corrected chi connectivity index (χ3v) is 7.02. The van der Waals surface area contributed by atoms with Crippen LogP contribution in [0.2, 0.25) is 0 Å². The summed E-state index contributed by atoms with van der Waals surface area (Å²) in [6.45, 7) is 3.08. The minimum Gasteiger partial charge on any atom is -0.310 e. The molecule has 3 heterocycles. The van der Waals surface area contributed by atoms with Crippen molar-refractivity contribution in [2.45, 2.75) is 26.1 Å². The largest absolute Gasteiger partial charge is 0.310 e. The van der Waals surface area contributed by atoms with Gasteiger partial charge in [-0.2, -0.15) is 5.10 Å². The molecule has 2 aromatic heterocycles. The number of nitrogens with one attached hydrogen (secondary N) is 1. The summed E-state index contributed by atoms with van der Waals surface area (Å²) in [5.41, 5.74) is 6.35. The minimum atomic E-state index is -0.345. The molecule has 0 spiro atoms. The van der Waals surface area contributed by atoms with Gasteiger partial charge in [0, 0.05) is 37.0 Å². The molecule has 0 saturated heterocycles. The molecule has 0 saturated carbocycles. The Hall–Kier alpha value is -4.69. The van der Waals surface area contributed by atoms with Gasteiger partial charge in [0.25, 0.3) is 0 Å². The Kier molecular flexibility index (Phi) is 7.16. The van der Waals surface area contributed by atoms with E-state index in [9.17, 15) is 13.6 Å². The number of hydrogen-bond donors (Lipinski definition) is 1. The van der Waals surface area contributed by atoms with E-state index in [0.29, 0.717) is 17.9 Å². The van der Waals surface area contributed by atoms with Crippen molar-refractivity contribution in [2.24, 2.45) is 0 Å². The van der Waals surface area contributed by atoms with Crippen molar-refractivity contribution < 1.29 is 13.6 Å². The Balaban J connectivity index is 1.32. The molecule has 1 aliphatic rings. The van der Waals surface area contributed by atoms with Crippen LogP contribution in [0.1, 0.15) is 16.8 Å². The van der Waals surface area contributed by atoms with E-state index in [0.717, 1.165) is 47.7 Å². The summed E-state index contributed by atoms with van der Waals surface area (Å²) in [5.74, 6) is -0.492. The predicted molar refractivity (Wildman–Crippen MR) is 150 cm³/mol. The Bertz CT molecular complexity index is 1630. The first-order valence-corrected chi connectivity index (χ1v) is 13.1. The number of rotatable bonds is 7. The maximum atomic E-state index is 13.8. The normalized spacial score (nSPS) is 13.2. The molecule has 6 nitrogen and oxygen atoms in total. The van der Waals surface area contributed by atoms with Crippen LogP contribution in [0.3, 0.4) is 0 Å². The first-order chi connectivity index (χ1) is 19.5. The molecule has 0 atom stereocenters. The van der Waals surface area contributed by atoms with Gasteiger partial charge in [-0.25, -0.2) is 13.8 Å². The van der Waals surface area contributed by atoms with Gasteiger partial charge in [-0.1, -0.05) is 42.5 Å². The highest BCUT2D eigenvalue weighted by atomic mass is 19.1. The third kappa shape index (κ3) is 5.67. The number of carbonyl (C=O) groups is 1. The Morgan fingerprint density at radius 3 is 2.30 bits per heavy atom. The molecule has 1 N–H and O–H groups in total. The molecule has 40 heavy (non-hydrogen) atoms. The Morgan fingerprint density at radius 1 is 0.825 bits per heavy atom. The summed E-state index contributed by atoms with van der Waals surface area (Å²) >= 11 is 0. The zero-order valence-corrected chi connectivity index (χ0v) is 21.7. The van der Waals surface area contributed by atoms with Crippen LogP contribution in [0.25, 0.3) is 22.4 Å². The maximum Gasteiger partial charge on any atom is 0.229 e. The summed E-state index contributed by atoms with van der Waals surface area (Å²) in [4.78, 5) is 19.5. The van der Waals surface area contributed by atoms with Crippen molar-refractivity contribution in [1.29, 1.82) is 0 Å². The first kappa shape index (κ1) is 25.6. The highest BCUT2D eigenvalue weighted by molar-refractivity contribution is 5.92. The van der Waals surface area contributed by atoms with E-state index in [1.807, 2.05) is 35.0 Å². The molecule has 0 fully saturated rings. The number of pyridine rings is 1. The van der Waals surface area contributed by atoms with E-state index in [1.54, 1.807) is 30.5 Å². The zero-order chi connectivity index (χ0) is 27.5. The Labute approximate surface area is 230 Å². The van der Waals surface area contributed by atoms with Gasteiger partial charge in [-0.05, 0) is 65.2 Å². The fourth-order valence-corrected chi connectivity index (χ4v) is 5.09. The molecule has 0 bridgehead atoms. The van der Waals surface area contributed by atoms with Crippen LogP contribution in [0.5, 0.6) is 0 Å². The highest BCUT2D eigenvalue weighted by Gasteiger charge is 2.26. The quantitative estimate of drug-likeness (QED) is 0.274. The number of nitrogens with zero attached hydrogens (tertiary/aromatic N) is 4. The summed E-state index contributed by atoms with van der Waals surface area (Å²) < 4.78 is 29.0. The lowest BCUT2D eigenvalue weighted by Crippen LogP contribution is -2.33. The molecule has 6 rings (SSSR count). The van der Waals surface area contributed by atoms with Gasteiger partial charge in [-0.3, -0.25) is 14.4 Å². The average Bonchev–Trinajstić information content (AvgIpc) is 3.34. The molecular formula is C32H27F2N5O. The fraction of sp³-hybridized carbons (Fsp3) is 0.156. The lowest BCUT2D eigenvalue weighted by atomic mass is 9.98. The summed E-state index contributed by atoms with van der Waals surface area (Å²) in [6, 6.07) is 26.3. The number of amides is 1. The van der Waals surface area contributed by atoms with Gasteiger partial charge in [-0.15, -0.1) is 0 Å². The first-order valence-electron chi connectivity index (χ1n) is 13.1. The average molecular weight is 536 g/mol. The van der Waals surface area contributed by atoms with Crippen LogP contribution >= 0.6 is 0 Å². The fourth-order valence-electron chi connectivity index (χ4n) is 5.09. The highest BCUT2D eigenvalue weighted by Crippen LogP contribution is 2.37. The molecule has 1 aliphatic heterocycles. The zero-order valence-electron chi connectivity index (χ0n) is 21.7. The van der Waals surface area contributed by atoms with Gasteiger partial charge >= 0.3 is 0 Å². The van der Waals surface area contributed by atoms with Gasteiger partial charge < -0.3 is 5.32 Å². The summed E-state index contributed by atoms with van der Waals surface area (Å²) in [6.07, 6.45) is 1.76. The van der Waals surface area contributed by atoms with E-state index >= 15 is 0 Å². The van der Waals surface area contributed by atoms with Gasteiger partial charge in [0.1, 0.15) is 23.1 Å². The second-order valence-corrected chi connectivity index (χ2v) is 9.88. The van der Waals surface area contributed by atoms with Crippen LogP contribution in [0.4, 0.5) is 14.6 Å². The predicted octanol–water partition coefficient (Wildman–Crippen LogP) is 6.09. The maximum absolute atomic E-state index is 13.8. The second kappa shape index (κ2) is 11.2. The Morgan fingerprint density at radius 2 is 1.55 bits per heavy atom. The molecule has 8 heteroatoms. The van der Waals surface area contributed by atoms with Crippen molar-refractivity contribution in [3.05, 3.63) is 126 Å². The van der Waals surface area contributed by atoms with Crippen molar-refractivity contribution in [3.63, 3.8) is 0 Å². The molecule has 1 amide bonds.